The van der Waals surface area contributed by atoms with E-state index >= 15 is 0 Å². The maximum absolute atomic E-state index is 12.2. The summed E-state index contributed by atoms with van der Waals surface area (Å²) in [7, 11) is 0. The first-order chi connectivity index (χ1) is 8.04. The van der Waals surface area contributed by atoms with Gasteiger partial charge in [0.05, 0.1) is 15.9 Å². The Bertz CT molecular complexity index is 639. The van der Waals surface area contributed by atoms with Crippen molar-refractivity contribution in [3.05, 3.63) is 37.3 Å². The van der Waals surface area contributed by atoms with Crippen molar-refractivity contribution in [2.24, 2.45) is 0 Å². The predicted octanol–water partition coefficient (Wildman–Crippen LogP) is 3.88. The Morgan fingerprint density at radius 3 is 2.76 bits per heavy atom. The molecule has 3 nitrogen and oxygen atoms in total. The number of hydrogen-bond acceptors (Lipinski definition) is 2. The summed E-state index contributed by atoms with van der Waals surface area (Å²) in [6.07, 6.45) is 0.814. The van der Waals surface area contributed by atoms with Crippen molar-refractivity contribution in [3.63, 3.8) is 0 Å². The van der Waals surface area contributed by atoms with Gasteiger partial charge in [-0.05, 0) is 30.2 Å². The zero-order valence-electron chi connectivity index (χ0n) is 9.01. The van der Waals surface area contributed by atoms with Crippen LogP contribution in [0.5, 0.6) is 0 Å². The van der Waals surface area contributed by atoms with E-state index in [0.717, 1.165) is 10.9 Å². The van der Waals surface area contributed by atoms with Gasteiger partial charge in [0, 0.05) is 11.0 Å². The van der Waals surface area contributed by atoms with Crippen molar-refractivity contribution in [3.8, 4) is 0 Å². The van der Waals surface area contributed by atoms with Crippen LogP contribution in [-0.4, -0.2) is 9.55 Å². The second-order valence-corrected chi connectivity index (χ2v) is 5.28. The minimum absolute atomic E-state index is 0.162. The largest absolute Gasteiger partial charge is 0.283 e. The Morgan fingerprint density at radius 2 is 2.12 bits per heavy atom. The summed E-state index contributed by atoms with van der Waals surface area (Å²) < 4.78 is 2.20. The molecule has 1 heterocycles. The Morgan fingerprint density at radius 1 is 1.41 bits per heavy atom. The SMILES string of the molecule is CCCn1c(Cl)nc2c(Cl)cc(Br)cc2c1=O. The zero-order valence-corrected chi connectivity index (χ0v) is 12.1. The highest BCUT2D eigenvalue weighted by Crippen LogP contribution is 2.25. The van der Waals surface area contributed by atoms with Crippen molar-refractivity contribution in [1.29, 1.82) is 0 Å². The van der Waals surface area contributed by atoms with Crippen LogP contribution in [0.1, 0.15) is 13.3 Å². The number of nitrogens with zero attached hydrogens (tertiary/aromatic N) is 2. The van der Waals surface area contributed by atoms with Gasteiger partial charge in [0.2, 0.25) is 5.28 Å². The van der Waals surface area contributed by atoms with E-state index in [4.69, 9.17) is 23.2 Å². The van der Waals surface area contributed by atoms with Crippen LogP contribution in [0, 0.1) is 0 Å². The molecule has 0 fully saturated rings. The van der Waals surface area contributed by atoms with Crippen LogP contribution < -0.4 is 5.56 Å². The monoisotopic (exact) mass is 334 g/mol. The molecule has 0 radical (unpaired) electrons. The lowest BCUT2D eigenvalue weighted by Gasteiger charge is -2.08. The van der Waals surface area contributed by atoms with E-state index < -0.39 is 0 Å². The van der Waals surface area contributed by atoms with Crippen molar-refractivity contribution in [1.82, 2.24) is 9.55 Å². The molecule has 0 unspecified atom stereocenters. The number of rotatable bonds is 2. The first-order valence-corrected chi connectivity index (χ1v) is 6.64. The van der Waals surface area contributed by atoms with E-state index in [9.17, 15) is 4.79 Å². The Kier molecular flexibility index (Phi) is 3.76. The lowest BCUT2D eigenvalue weighted by Crippen LogP contribution is -2.22. The number of halogens is 3. The third-order valence-corrected chi connectivity index (χ3v) is 3.41. The quantitative estimate of drug-likeness (QED) is 0.781. The van der Waals surface area contributed by atoms with E-state index in [2.05, 4.69) is 20.9 Å². The van der Waals surface area contributed by atoms with Crippen LogP contribution in [0.2, 0.25) is 10.3 Å². The average Bonchev–Trinajstić information content (AvgIpc) is 2.26. The van der Waals surface area contributed by atoms with Gasteiger partial charge in [-0.3, -0.25) is 9.36 Å². The van der Waals surface area contributed by atoms with Crippen LogP contribution in [0.4, 0.5) is 0 Å². The molecule has 0 aliphatic rings. The first-order valence-electron chi connectivity index (χ1n) is 5.09. The fraction of sp³-hybridized carbons (Fsp3) is 0.273. The molecule has 0 N–H and O–H groups in total. The summed E-state index contributed by atoms with van der Waals surface area (Å²) in [6.45, 7) is 2.52. The summed E-state index contributed by atoms with van der Waals surface area (Å²) >= 11 is 15.3. The highest BCUT2D eigenvalue weighted by molar-refractivity contribution is 9.10. The van der Waals surface area contributed by atoms with Gasteiger partial charge in [0.1, 0.15) is 0 Å². The van der Waals surface area contributed by atoms with Crippen molar-refractivity contribution >= 4 is 50.0 Å². The van der Waals surface area contributed by atoms with Gasteiger partial charge in [-0.1, -0.05) is 34.5 Å². The van der Waals surface area contributed by atoms with E-state index in [1.165, 1.54) is 4.57 Å². The fourth-order valence-electron chi connectivity index (χ4n) is 1.64. The fourth-order valence-corrected chi connectivity index (χ4v) is 2.74. The number of fused-ring (bicyclic) bond motifs is 1. The second-order valence-electron chi connectivity index (χ2n) is 3.62. The predicted molar refractivity (Wildman–Crippen MR) is 74.0 cm³/mol. The second kappa shape index (κ2) is 4.96. The van der Waals surface area contributed by atoms with Gasteiger partial charge in [-0.15, -0.1) is 0 Å². The standard InChI is InChI=1S/C11H9BrCl2N2O/c1-2-3-16-10(17)7-4-6(12)5-8(13)9(7)15-11(16)14/h4-5H,2-3H2,1H3. The Labute approximate surface area is 116 Å². The average molecular weight is 336 g/mol. The summed E-state index contributed by atoms with van der Waals surface area (Å²) in [5.74, 6) is 0. The van der Waals surface area contributed by atoms with Gasteiger partial charge < -0.3 is 0 Å². The Hall–Kier alpha value is -0.580. The van der Waals surface area contributed by atoms with Crippen molar-refractivity contribution in [2.45, 2.75) is 19.9 Å². The number of aromatic nitrogens is 2. The molecule has 0 spiro atoms. The zero-order chi connectivity index (χ0) is 12.6. The first kappa shape index (κ1) is 12.9. The van der Waals surface area contributed by atoms with Gasteiger partial charge in [-0.25, -0.2) is 4.98 Å². The molecule has 0 saturated carbocycles. The molecule has 2 rings (SSSR count). The maximum atomic E-state index is 12.2. The van der Waals surface area contributed by atoms with Gasteiger partial charge in [-0.2, -0.15) is 0 Å². The molecule has 0 atom stereocenters. The van der Waals surface area contributed by atoms with Gasteiger partial charge >= 0.3 is 0 Å². The number of hydrogen-bond donors (Lipinski definition) is 0. The summed E-state index contributed by atoms with van der Waals surface area (Å²) in [5.41, 5.74) is 0.280. The molecule has 90 valence electrons. The van der Waals surface area contributed by atoms with Crippen LogP contribution in [0.3, 0.4) is 0 Å². The van der Waals surface area contributed by atoms with Gasteiger partial charge in [0.15, 0.2) is 0 Å². The minimum Gasteiger partial charge on any atom is -0.283 e. The molecule has 0 amide bonds. The maximum Gasteiger partial charge on any atom is 0.262 e. The highest BCUT2D eigenvalue weighted by atomic mass is 79.9. The highest BCUT2D eigenvalue weighted by Gasteiger charge is 2.12. The van der Waals surface area contributed by atoms with Crippen molar-refractivity contribution < 1.29 is 0 Å². The van der Waals surface area contributed by atoms with E-state index in [1.54, 1.807) is 12.1 Å². The molecule has 0 aliphatic carbocycles. The lowest BCUT2D eigenvalue weighted by atomic mass is 10.2. The normalized spacial score (nSPS) is 11.1. The summed E-state index contributed by atoms with van der Waals surface area (Å²) in [5, 5.41) is 1.06. The molecule has 17 heavy (non-hydrogen) atoms. The van der Waals surface area contributed by atoms with Crippen molar-refractivity contribution in [2.75, 3.05) is 0 Å². The topological polar surface area (TPSA) is 34.9 Å². The summed E-state index contributed by atoms with van der Waals surface area (Å²) in [4.78, 5) is 16.4. The van der Waals surface area contributed by atoms with Crippen LogP contribution in [-0.2, 0) is 6.54 Å². The smallest absolute Gasteiger partial charge is 0.262 e. The molecule has 6 heteroatoms. The minimum atomic E-state index is -0.162. The lowest BCUT2D eigenvalue weighted by molar-refractivity contribution is 0.649. The van der Waals surface area contributed by atoms with Crippen LogP contribution in [0.15, 0.2) is 21.4 Å². The van der Waals surface area contributed by atoms with Gasteiger partial charge in [0.25, 0.3) is 5.56 Å². The molecule has 0 aliphatic heterocycles. The number of benzene rings is 1. The molecular weight excluding hydrogens is 327 g/mol. The molecular formula is C11H9BrCl2N2O. The van der Waals surface area contributed by atoms with Crippen LogP contribution >= 0.6 is 39.1 Å². The third kappa shape index (κ3) is 2.34. The van der Waals surface area contributed by atoms with E-state index in [1.807, 2.05) is 6.92 Å². The molecule has 1 aromatic carbocycles. The van der Waals surface area contributed by atoms with Crippen LogP contribution in [0.25, 0.3) is 10.9 Å². The Balaban J connectivity index is 2.87. The molecule has 1 aromatic heterocycles. The van der Waals surface area contributed by atoms with E-state index in [0.29, 0.717) is 22.5 Å². The van der Waals surface area contributed by atoms with E-state index in [-0.39, 0.29) is 10.8 Å². The summed E-state index contributed by atoms with van der Waals surface area (Å²) in [6, 6.07) is 3.40. The molecule has 0 bridgehead atoms. The molecule has 0 saturated heterocycles. The third-order valence-electron chi connectivity index (χ3n) is 2.38. The molecule has 2 aromatic rings.